The summed E-state index contributed by atoms with van der Waals surface area (Å²) in [5.41, 5.74) is 8.86. The molecule has 0 unspecified atom stereocenters. The predicted octanol–water partition coefficient (Wildman–Crippen LogP) is 4.86. The fourth-order valence-corrected chi connectivity index (χ4v) is 4.55. The second-order valence-corrected chi connectivity index (χ2v) is 9.11. The molecular weight excluding hydrogens is 494 g/mol. The molecule has 0 aromatic heterocycles. The van der Waals surface area contributed by atoms with Gasteiger partial charge in [0.05, 0.1) is 18.0 Å². The molecule has 39 heavy (non-hydrogen) atoms. The van der Waals surface area contributed by atoms with Crippen LogP contribution in [0.25, 0.3) is 0 Å². The summed E-state index contributed by atoms with van der Waals surface area (Å²) in [6, 6.07) is 30.9. The molecule has 0 heterocycles. The Morgan fingerprint density at radius 1 is 0.821 bits per heavy atom. The van der Waals surface area contributed by atoms with Gasteiger partial charge in [-0.2, -0.15) is 0 Å². The van der Waals surface area contributed by atoms with Gasteiger partial charge >= 0.3 is 0 Å². The van der Waals surface area contributed by atoms with Crippen molar-refractivity contribution in [3.05, 3.63) is 142 Å². The molecule has 1 atom stereocenters. The molecule has 0 bridgehead atoms. The Bertz CT molecular complexity index is 1370. The lowest BCUT2D eigenvalue weighted by Gasteiger charge is -2.33. The number of nitrogens with two attached hydrogens (primary N) is 1. The van der Waals surface area contributed by atoms with E-state index < -0.39 is 22.8 Å². The zero-order chi connectivity index (χ0) is 27.8. The molecule has 0 saturated carbocycles. The highest BCUT2D eigenvalue weighted by Crippen LogP contribution is 2.29. The topological polar surface area (TPSA) is 116 Å². The highest BCUT2D eigenvalue weighted by Gasteiger charge is 2.34. The number of nitro benzene ring substituents is 1. The van der Waals surface area contributed by atoms with Crippen molar-refractivity contribution < 1.29 is 19.2 Å². The standard InChI is InChI=1S/C31H29N3O5/c1-39-27-18-14-23(15-19-27)21-33(28(30(32)35)20-22-12-16-26(17-13-22)34(37)38)31(36)29(24-8-4-2-5-9-24)25-10-6-3-7-11-25/h2-19,28-29H,20-21H2,1H3,(H2,32,35)/t28-/m1/s1. The van der Waals surface area contributed by atoms with E-state index in [2.05, 4.69) is 0 Å². The number of non-ortho nitro benzene ring substituents is 1. The maximum Gasteiger partial charge on any atom is 0.269 e. The van der Waals surface area contributed by atoms with Gasteiger partial charge in [0.25, 0.3) is 5.69 Å². The summed E-state index contributed by atoms with van der Waals surface area (Å²) in [6.45, 7) is 0.125. The van der Waals surface area contributed by atoms with Crippen LogP contribution in [0.3, 0.4) is 0 Å². The Labute approximate surface area is 226 Å². The zero-order valence-electron chi connectivity index (χ0n) is 21.5. The number of primary amides is 1. The first-order valence-corrected chi connectivity index (χ1v) is 12.4. The van der Waals surface area contributed by atoms with E-state index in [9.17, 15) is 19.7 Å². The minimum atomic E-state index is -1.00. The van der Waals surface area contributed by atoms with Crippen LogP contribution in [0.1, 0.15) is 28.2 Å². The van der Waals surface area contributed by atoms with E-state index in [1.54, 1.807) is 31.4 Å². The van der Waals surface area contributed by atoms with Gasteiger partial charge in [-0.05, 0) is 34.4 Å². The van der Waals surface area contributed by atoms with Crippen molar-refractivity contribution >= 4 is 17.5 Å². The van der Waals surface area contributed by atoms with Crippen molar-refractivity contribution in [1.82, 2.24) is 4.90 Å². The number of ether oxygens (including phenoxy) is 1. The van der Waals surface area contributed by atoms with Crippen LogP contribution in [0.15, 0.2) is 109 Å². The SMILES string of the molecule is COc1ccc(CN(C(=O)C(c2ccccc2)c2ccccc2)[C@H](Cc2ccc([N+](=O)[O-])cc2)C(N)=O)cc1. The number of nitro groups is 1. The minimum absolute atomic E-state index is 0.0613. The first kappa shape index (κ1) is 27.1. The third-order valence-corrected chi connectivity index (χ3v) is 6.59. The maximum absolute atomic E-state index is 14.5. The Morgan fingerprint density at radius 2 is 1.33 bits per heavy atom. The van der Waals surface area contributed by atoms with Crippen LogP contribution >= 0.6 is 0 Å². The molecule has 2 N–H and O–H groups in total. The first-order chi connectivity index (χ1) is 18.9. The molecule has 0 spiro atoms. The van der Waals surface area contributed by atoms with Gasteiger partial charge in [0, 0.05) is 25.1 Å². The van der Waals surface area contributed by atoms with Crippen LogP contribution < -0.4 is 10.5 Å². The van der Waals surface area contributed by atoms with E-state index in [0.717, 1.165) is 16.7 Å². The van der Waals surface area contributed by atoms with Crippen molar-refractivity contribution in [2.24, 2.45) is 5.73 Å². The van der Waals surface area contributed by atoms with Gasteiger partial charge in [-0.1, -0.05) is 84.9 Å². The van der Waals surface area contributed by atoms with Crippen molar-refractivity contribution in [2.45, 2.75) is 24.9 Å². The molecule has 0 saturated heterocycles. The number of methoxy groups -OCH3 is 1. The van der Waals surface area contributed by atoms with E-state index in [-0.39, 0.29) is 24.6 Å². The highest BCUT2D eigenvalue weighted by atomic mass is 16.6. The first-order valence-electron chi connectivity index (χ1n) is 12.4. The number of carbonyl (C=O) groups excluding carboxylic acids is 2. The van der Waals surface area contributed by atoms with Crippen molar-refractivity contribution in [3.63, 3.8) is 0 Å². The molecule has 2 amide bonds. The van der Waals surface area contributed by atoms with E-state index in [1.807, 2.05) is 72.8 Å². The molecule has 0 aliphatic rings. The maximum atomic E-state index is 14.5. The van der Waals surface area contributed by atoms with E-state index in [0.29, 0.717) is 11.3 Å². The van der Waals surface area contributed by atoms with Gasteiger partial charge in [0.15, 0.2) is 0 Å². The number of carbonyl (C=O) groups is 2. The Hall–Kier alpha value is -4.98. The molecule has 8 heteroatoms. The number of rotatable bonds is 11. The molecule has 0 radical (unpaired) electrons. The second-order valence-electron chi connectivity index (χ2n) is 9.11. The summed E-state index contributed by atoms with van der Waals surface area (Å²) in [4.78, 5) is 39.5. The number of amides is 2. The monoisotopic (exact) mass is 523 g/mol. The number of benzene rings is 4. The van der Waals surface area contributed by atoms with Gasteiger partial charge in [-0.15, -0.1) is 0 Å². The minimum Gasteiger partial charge on any atom is -0.497 e. The fourth-order valence-electron chi connectivity index (χ4n) is 4.55. The lowest BCUT2D eigenvalue weighted by atomic mass is 9.89. The van der Waals surface area contributed by atoms with E-state index in [4.69, 9.17) is 10.5 Å². The third-order valence-electron chi connectivity index (χ3n) is 6.59. The predicted molar refractivity (Wildman–Crippen MR) is 148 cm³/mol. The lowest BCUT2D eigenvalue weighted by Crippen LogP contribution is -2.50. The molecule has 4 aromatic carbocycles. The molecule has 8 nitrogen and oxygen atoms in total. The van der Waals surface area contributed by atoms with Crippen molar-refractivity contribution in [2.75, 3.05) is 7.11 Å². The number of nitrogens with zero attached hydrogens (tertiary/aromatic N) is 2. The molecule has 4 aromatic rings. The van der Waals surface area contributed by atoms with Gasteiger partial charge in [0.2, 0.25) is 11.8 Å². The fraction of sp³-hybridized carbons (Fsp3) is 0.161. The highest BCUT2D eigenvalue weighted by molar-refractivity contribution is 5.92. The number of hydrogen-bond acceptors (Lipinski definition) is 5. The summed E-state index contributed by atoms with van der Waals surface area (Å²) in [5.74, 6) is -0.964. The Morgan fingerprint density at radius 3 is 1.79 bits per heavy atom. The van der Waals surface area contributed by atoms with Crippen LogP contribution in [0.2, 0.25) is 0 Å². The summed E-state index contributed by atoms with van der Waals surface area (Å²) in [7, 11) is 1.57. The van der Waals surface area contributed by atoms with Gasteiger partial charge < -0.3 is 15.4 Å². The molecular formula is C31H29N3O5. The smallest absolute Gasteiger partial charge is 0.269 e. The lowest BCUT2D eigenvalue weighted by molar-refractivity contribution is -0.384. The zero-order valence-corrected chi connectivity index (χ0v) is 21.5. The van der Waals surface area contributed by atoms with Gasteiger partial charge in [-0.3, -0.25) is 19.7 Å². The van der Waals surface area contributed by atoms with Gasteiger partial charge in [0.1, 0.15) is 11.8 Å². The Balaban J connectivity index is 1.77. The van der Waals surface area contributed by atoms with Crippen LogP contribution in [0.5, 0.6) is 5.75 Å². The molecule has 0 aliphatic carbocycles. The normalized spacial score (nSPS) is 11.5. The van der Waals surface area contributed by atoms with Crippen molar-refractivity contribution in [3.8, 4) is 5.75 Å². The second kappa shape index (κ2) is 12.5. The molecule has 198 valence electrons. The van der Waals surface area contributed by atoms with Gasteiger partial charge in [-0.25, -0.2) is 0 Å². The average Bonchev–Trinajstić information content (AvgIpc) is 2.96. The van der Waals surface area contributed by atoms with Crippen molar-refractivity contribution in [1.29, 1.82) is 0 Å². The summed E-state index contributed by atoms with van der Waals surface area (Å²) < 4.78 is 5.26. The van der Waals surface area contributed by atoms with E-state index >= 15 is 0 Å². The largest absolute Gasteiger partial charge is 0.497 e. The third kappa shape index (κ3) is 6.67. The van der Waals surface area contributed by atoms with Crippen LogP contribution in [-0.4, -0.2) is 34.8 Å². The van der Waals surface area contributed by atoms with E-state index in [1.165, 1.54) is 17.0 Å². The molecule has 4 rings (SSSR count). The molecule has 0 aliphatic heterocycles. The Kier molecular flexibility index (Phi) is 8.68. The van der Waals surface area contributed by atoms with Crippen LogP contribution in [-0.2, 0) is 22.6 Å². The summed E-state index contributed by atoms with van der Waals surface area (Å²) >= 11 is 0. The van der Waals surface area contributed by atoms with Crippen LogP contribution in [0, 0.1) is 10.1 Å². The molecule has 0 fully saturated rings. The summed E-state index contributed by atoms with van der Waals surface area (Å²) in [5, 5.41) is 11.1. The summed E-state index contributed by atoms with van der Waals surface area (Å²) in [6.07, 6.45) is 0.103. The van der Waals surface area contributed by atoms with Crippen LogP contribution in [0.4, 0.5) is 5.69 Å². The quantitative estimate of drug-likeness (QED) is 0.223. The average molecular weight is 524 g/mol. The number of hydrogen-bond donors (Lipinski definition) is 1.